The Morgan fingerprint density at radius 3 is 2.28 bits per heavy atom. The van der Waals surface area contributed by atoms with E-state index in [1.165, 1.54) is 15.9 Å². The van der Waals surface area contributed by atoms with E-state index in [0.29, 0.717) is 38.2 Å². The number of rotatable bonds is 10. The van der Waals surface area contributed by atoms with Gasteiger partial charge in [-0.3, -0.25) is 4.79 Å². The van der Waals surface area contributed by atoms with Crippen LogP contribution >= 0.6 is 0 Å². The lowest BCUT2D eigenvalue weighted by molar-refractivity contribution is -0.116. The lowest BCUT2D eigenvalue weighted by Crippen LogP contribution is -2.31. The number of ether oxygens (including phenoxy) is 1. The first-order valence-corrected chi connectivity index (χ1v) is 11.4. The zero-order valence-electron chi connectivity index (χ0n) is 17.6. The Balaban J connectivity index is 2.18. The number of nitrogens with zero attached hydrogens (tertiary/aromatic N) is 1. The van der Waals surface area contributed by atoms with Gasteiger partial charge in [0.25, 0.3) is 0 Å². The first-order valence-electron chi connectivity index (χ1n) is 9.94. The van der Waals surface area contributed by atoms with E-state index in [0.717, 1.165) is 5.56 Å². The van der Waals surface area contributed by atoms with Crippen molar-refractivity contribution in [2.45, 2.75) is 45.4 Å². The van der Waals surface area contributed by atoms with Gasteiger partial charge < -0.3 is 10.1 Å². The van der Waals surface area contributed by atoms with E-state index in [1.54, 1.807) is 32.9 Å². The molecule has 0 aliphatic rings. The maximum atomic E-state index is 13.0. The molecule has 0 aliphatic heterocycles. The molecule has 0 bridgehead atoms. The number of carbonyl (C=O) groups excluding carboxylic acids is 1. The van der Waals surface area contributed by atoms with E-state index in [9.17, 15) is 13.2 Å². The molecule has 0 heterocycles. The van der Waals surface area contributed by atoms with Crippen LogP contribution in [0, 0.1) is 6.92 Å². The largest absolute Gasteiger partial charge is 0.492 e. The van der Waals surface area contributed by atoms with E-state index in [1.807, 2.05) is 31.2 Å². The molecule has 2 aromatic carbocycles. The molecule has 2 aromatic rings. The summed E-state index contributed by atoms with van der Waals surface area (Å²) in [5, 5.41) is 2.80. The summed E-state index contributed by atoms with van der Waals surface area (Å²) in [6, 6.07) is 12.8. The maximum absolute atomic E-state index is 13.0. The van der Waals surface area contributed by atoms with E-state index in [2.05, 4.69) is 5.32 Å². The summed E-state index contributed by atoms with van der Waals surface area (Å²) in [6.07, 6.45) is 0.933. The van der Waals surface area contributed by atoms with Crippen LogP contribution < -0.4 is 10.1 Å². The molecule has 6 nitrogen and oxygen atoms in total. The zero-order chi connectivity index (χ0) is 21.4. The van der Waals surface area contributed by atoms with Gasteiger partial charge in [-0.05, 0) is 44.0 Å². The number of aryl methyl sites for hydroxylation is 2. The third kappa shape index (κ3) is 6.05. The number of hydrogen-bond donors (Lipinski definition) is 1. The predicted octanol–water partition coefficient (Wildman–Crippen LogP) is 4.00. The fraction of sp³-hybridized carbons (Fsp3) is 0.409. The summed E-state index contributed by atoms with van der Waals surface area (Å²) in [5.41, 5.74) is 2.70. The molecule has 1 amide bonds. The van der Waals surface area contributed by atoms with Crippen molar-refractivity contribution < 1.29 is 17.9 Å². The van der Waals surface area contributed by atoms with Gasteiger partial charge in [-0.15, -0.1) is 0 Å². The third-order valence-corrected chi connectivity index (χ3v) is 6.68. The molecule has 7 heteroatoms. The van der Waals surface area contributed by atoms with E-state index in [-0.39, 0.29) is 16.6 Å². The molecule has 0 radical (unpaired) electrons. The van der Waals surface area contributed by atoms with Gasteiger partial charge in [-0.2, -0.15) is 4.31 Å². The molecule has 1 N–H and O–H groups in total. The van der Waals surface area contributed by atoms with Crippen LogP contribution in [-0.4, -0.2) is 38.3 Å². The second-order valence-corrected chi connectivity index (χ2v) is 8.62. The number of carbonyl (C=O) groups is 1. The van der Waals surface area contributed by atoms with Crippen LogP contribution in [0.4, 0.5) is 5.69 Å². The molecule has 0 saturated carbocycles. The Hall–Kier alpha value is -2.38. The zero-order valence-corrected chi connectivity index (χ0v) is 18.4. The van der Waals surface area contributed by atoms with Gasteiger partial charge >= 0.3 is 0 Å². The van der Waals surface area contributed by atoms with E-state index >= 15 is 0 Å². The summed E-state index contributed by atoms with van der Waals surface area (Å²) in [4.78, 5) is 12.4. The highest BCUT2D eigenvalue weighted by Crippen LogP contribution is 2.30. The Morgan fingerprint density at radius 1 is 1.03 bits per heavy atom. The van der Waals surface area contributed by atoms with Gasteiger partial charge in [0.05, 0.1) is 6.61 Å². The number of anilines is 1. The Morgan fingerprint density at radius 2 is 1.69 bits per heavy atom. The summed E-state index contributed by atoms with van der Waals surface area (Å²) in [7, 11) is -3.71. The summed E-state index contributed by atoms with van der Waals surface area (Å²) in [6.45, 7) is 8.47. The van der Waals surface area contributed by atoms with E-state index in [4.69, 9.17) is 4.74 Å². The summed E-state index contributed by atoms with van der Waals surface area (Å²) < 4.78 is 32.9. The number of nitrogens with one attached hydrogen (secondary N) is 1. The highest BCUT2D eigenvalue weighted by atomic mass is 32.2. The van der Waals surface area contributed by atoms with Crippen molar-refractivity contribution in [2.75, 3.05) is 25.0 Å². The topological polar surface area (TPSA) is 75.7 Å². The van der Waals surface area contributed by atoms with Gasteiger partial charge in [-0.1, -0.05) is 43.7 Å². The fourth-order valence-corrected chi connectivity index (χ4v) is 4.62. The lowest BCUT2D eigenvalue weighted by Gasteiger charge is -2.21. The molecule has 0 aromatic heterocycles. The minimum atomic E-state index is -3.71. The third-order valence-electron chi connectivity index (χ3n) is 4.61. The van der Waals surface area contributed by atoms with Crippen LogP contribution in [-0.2, 0) is 21.2 Å². The minimum Gasteiger partial charge on any atom is -0.492 e. The molecule has 0 spiro atoms. The van der Waals surface area contributed by atoms with Crippen LogP contribution in [0.15, 0.2) is 47.4 Å². The van der Waals surface area contributed by atoms with Gasteiger partial charge in [0.2, 0.25) is 15.9 Å². The summed E-state index contributed by atoms with van der Waals surface area (Å²) in [5.74, 6) is 0.123. The smallest absolute Gasteiger partial charge is 0.246 e. The molecular formula is C22H30N2O4S. The average molecular weight is 419 g/mol. The van der Waals surface area contributed by atoms with Crippen molar-refractivity contribution >= 4 is 21.6 Å². The normalized spacial score (nSPS) is 11.5. The van der Waals surface area contributed by atoms with Crippen molar-refractivity contribution in [3.8, 4) is 5.75 Å². The second kappa shape index (κ2) is 10.4. The monoisotopic (exact) mass is 418 g/mol. The van der Waals surface area contributed by atoms with Crippen molar-refractivity contribution in [2.24, 2.45) is 0 Å². The molecule has 158 valence electrons. The van der Waals surface area contributed by atoms with Crippen LogP contribution in [0.3, 0.4) is 0 Å². The molecule has 0 saturated heterocycles. The van der Waals surface area contributed by atoms with Crippen molar-refractivity contribution in [1.29, 1.82) is 0 Å². The fourth-order valence-electron chi connectivity index (χ4n) is 3.00. The van der Waals surface area contributed by atoms with Crippen molar-refractivity contribution in [3.63, 3.8) is 0 Å². The molecule has 2 rings (SSSR count). The number of amides is 1. The van der Waals surface area contributed by atoms with Gasteiger partial charge in [0.1, 0.15) is 10.6 Å². The van der Waals surface area contributed by atoms with Crippen molar-refractivity contribution in [3.05, 3.63) is 53.6 Å². The first-order chi connectivity index (χ1) is 13.8. The number of benzene rings is 2. The standard InChI is InChI=1S/C22H30N2O4S/c1-5-24(6-2)29(26,27)21-16-19(13-14-20(21)28-7-3)23-22(25)15-12-18-10-8-17(4)9-11-18/h8-11,13-14,16H,5-7,12,15H2,1-4H3,(H,23,25). The molecule has 29 heavy (non-hydrogen) atoms. The number of sulfonamides is 1. The average Bonchev–Trinajstić information content (AvgIpc) is 2.69. The van der Waals surface area contributed by atoms with Crippen LogP contribution in [0.1, 0.15) is 38.3 Å². The Labute approximate surface area is 173 Å². The summed E-state index contributed by atoms with van der Waals surface area (Å²) >= 11 is 0. The molecular weight excluding hydrogens is 388 g/mol. The van der Waals surface area contributed by atoms with Gasteiger partial charge in [0, 0.05) is 25.2 Å². The quantitative estimate of drug-likeness (QED) is 0.633. The molecule has 0 unspecified atom stereocenters. The second-order valence-electron chi connectivity index (χ2n) is 6.72. The lowest BCUT2D eigenvalue weighted by atomic mass is 10.1. The van der Waals surface area contributed by atoms with Crippen LogP contribution in [0.5, 0.6) is 5.75 Å². The molecule has 0 aliphatic carbocycles. The van der Waals surface area contributed by atoms with Crippen LogP contribution in [0.2, 0.25) is 0 Å². The highest BCUT2D eigenvalue weighted by molar-refractivity contribution is 7.89. The molecule has 0 atom stereocenters. The van der Waals surface area contributed by atoms with Gasteiger partial charge in [0.15, 0.2) is 0 Å². The first kappa shape index (κ1) is 22.9. The Kier molecular flexibility index (Phi) is 8.22. The highest BCUT2D eigenvalue weighted by Gasteiger charge is 2.26. The van der Waals surface area contributed by atoms with Crippen LogP contribution in [0.25, 0.3) is 0 Å². The SMILES string of the molecule is CCOc1ccc(NC(=O)CCc2ccc(C)cc2)cc1S(=O)(=O)N(CC)CC. The molecule has 0 fully saturated rings. The van der Waals surface area contributed by atoms with Crippen molar-refractivity contribution in [1.82, 2.24) is 4.31 Å². The van der Waals surface area contributed by atoms with Gasteiger partial charge in [-0.25, -0.2) is 8.42 Å². The maximum Gasteiger partial charge on any atom is 0.246 e. The van der Waals surface area contributed by atoms with E-state index < -0.39 is 10.0 Å². The predicted molar refractivity (Wildman–Crippen MR) is 116 cm³/mol. The minimum absolute atomic E-state index is 0.0689. The Bertz CT molecular complexity index is 920. The number of hydrogen-bond acceptors (Lipinski definition) is 4.